The third kappa shape index (κ3) is 3.13. The molecular weight excluding hydrogens is 264 g/mol. The van der Waals surface area contributed by atoms with Crippen molar-refractivity contribution in [2.75, 3.05) is 13.1 Å². The van der Waals surface area contributed by atoms with Gasteiger partial charge in [-0.3, -0.25) is 14.5 Å². The molecule has 0 aromatic carbocycles. The molecule has 0 spiro atoms. The maximum absolute atomic E-state index is 11.9. The van der Waals surface area contributed by atoms with Gasteiger partial charge in [0.15, 0.2) is 0 Å². The Bertz CT molecular complexity index is 460. The highest BCUT2D eigenvalue weighted by Gasteiger charge is 2.43. The summed E-state index contributed by atoms with van der Waals surface area (Å²) in [5.74, 6) is -0.973. The summed E-state index contributed by atoms with van der Waals surface area (Å²) in [6, 6.07) is 3.90. The molecule has 0 bridgehead atoms. The van der Waals surface area contributed by atoms with Crippen molar-refractivity contribution in [3.8, 4) is 0 Å². The predicted molar refractivity (Wildman–Crippen MR) is 73.0 cm³/mol. The number of amides is 1. The van der Waals surface area contributed by atoms with Crippen LogP contribution < -0.4 is 5.32 Å². The van der Waals surface area contributed by atoms with Crippen LogP contribution >= 0.6 is 11.3 Å². The zero-order chi connectivity index (χ0) is 13.9. The highest BCUT2D eigenvalue weighted by Crippen LogP contribution is 2.28. The lowest BCUT2D eigenvalue weighted by Crippen LogP contribution is -2.51. The summed E-state index contributed by atoms with van der Waals surface area (Å²) in [6.45, 7) is 3.01. The Labute approximate surface area is 116 Å². The average Bonchev–Trinajstić information content (AvgIpc) is 2.98. The van der Waals surface area contributed by atoms with Crippen molar-refractivity contribution in [2.45, 2.75) is 31.8 Å². The molecule has 1 fully saturated rings. The van der Waals surface area contributed by atoms with Crippen LogP contribution in [0, 0.1) is 0 Å². The van der Waals surface area contributed by atoms with E-state index in [1.165, 1.54) is 0 Å². The highest BCUT2D eigenvalue weighted by molar-refractivity contribution is 7.09. The number of carboxylic acid groups (broad SMARTS) is 1. The van der Waals surface area contributed by atoms with E-state index in [0.29, 0.717) is 19.5 Å². The van der Waals surface area contributed by atoms with Gasteiger partial charge in [-0.2, -0.15) is 0 Å². The number of nitrogens with zero attached hydrogens (tertiary/aromatic N) is 1. The molecule has 1 unspecified atom stereocenters. The van der Waals surface area contributed by atoms with Crippen LogP contribution in [0.5, 0.6) is 0 Å². The lowest BCUT2D eigenvalue weighted by Gasteiger charge is -2.30. The standard InChI is InChI=1S/C13H18N2O3S/c1-13(12(17)18)5-3-6-15(13)9-11(16)14-8-10-4-2-7-19-10/h2,4,7H,3,5-6,8-9H2,1H3,(H,14,16)(H,17,18). The Hall–Kier alpha value is -1.40. The minimum absolute atomic E-state index is 0.122. The average molecular weight is 282 g/mol. The minimum Gasteiger partial charge on any atom is -0.480 e. The van der Waals surface area contributed by atoms with Crippen molar-refractivity contribution in [1.29, 1.82) is 0 Å². The van der Waals surface area contributed by atoms with Gasteiger partial charge in [-0.15, -0.1) is 11.3 Å². The maximum atomic E-state index is 11.9. The zero-order valence-corrected chi connectivity index (χ0v) is 11.7. The van der Waals surface area contributed by atoms with Crippen molar-refractivity contribution >= 4 is 23.2 Å². The van der Waals surface area contributed by atoms with Crippen LogP contribution in [-0.4, -0.2) is 40.5 Å². The molecule has 104 valence electrons. The third-order valence-corrected chi connectivity index (χ3v) is 4.50. The van der Waals surface area contributed by atoms with Gasteiger partial charge in [-0.05, 0) is 37.8 Å². The van der Waals surface area contributed by atoms with E-state index in [1.54, 1.807) is 23.2 Å². The molecule has 2 N–H and O–H groups in total. The molecule has 6 heteroatoms. The molecule has 1 aromatic heterocycles. The molecule has 1 amide bonds. The first-order valence-corrected chi connectivity index (χ1v) is 7.18. The van der Waals surface area contributed by atoms with E-state index in [0.717, 1.165) is 11.3 Å². The minimum atomic E-state index is -0.903. The summed E-state index contributed by atoms with van der Waals surface area (Å²) in [5, 5.41) is 14.1. The number of aliphatic carboxylic acids is 1. The van der Waals surface area contributed by atoms with Crippen LogP contribution in [0.15, 0.2) is 17.5 Å². The van der Waals surface area contributed by atoms with Crippen molar-refractivity contribution in [1.82, 2.24) is 10.2 Å². The fraction of sp³-hybridized carbons (Fsp3) is 0.538. The van der Waals surface area contributed by atoms with Gasteiger partial charge in [0.2, 0.25) is 5.91 Å². The lowest BCUT2D eigenvalue weighted by molar-refractivity contribution is -0.149. The SMILES string of the molecule is CC1(C(=O)O)CCCN1CC(=O)NCc1cccs1. The van der Waals surface area contributed by atoms with E-state index in [4.69, 9.17) is 0 Å². The lowest BCUT2D eigenvalue weighted by atomic mass is 9.99. The number of carboxylic acids is 1. The number of hydrogen-bond donors (Lipinski definition) is 2. The Balaban J connectivity index is 1.86. The number of hydrogen-bond acceptors (Lipinski definition) is 4. The van der Waals surface area contributed by atoms with Crippen molar-refractivity contribution in [2.24, 2.45) is 0 Å². The number of likely N-dealkylation sites (tertiary alicyclic amines) is 1. The molecule has 2 heterocycles. The Kier molecular flexibility index (Phi) is 4.21. The van der Waals surface area contributed by atoms with E-state index < -0.39 is 11.5 Å². The van der Waals surface area contributed by atoms with E-state index in [2.05, 4.69) is 5.32 Å². The van der Waals surface area contributed by atoms with Crippen molar-refractivity contribution in [3.63, 3.8) is 0 Å². The van der Waals surface area contributed by atoms with E-state index in [9.17, 15) is 14.7 Å². The van der Waals surface area contributed by atoms with Gasteiger partial charge in [0.05, 0.1) is 13.1 Å². The van der Waals surface area contributed by atoms with Crippen LogP contribution in [0.2, 0.25) is 0 Å². The summed E-state index contributed by atoms with van der Waals surface area (Å²) in [4.78, 5) is 26.0. The number of thiophene rings is 1. The quantitative estimate of drug-likeness (QED) is 0.854. The largest absolute Gasteiger partial charge is 0.480 e. The van der Waals surface area contributed by atoms with E-state index in [-0.39, 0.29) is 12.5 Å². The summed E-state index contributed by atoms with van der Waals surface area (Å²) >= 11 is 1.59. The molecule has 2 rings (SSSR count). The Morgan fingerprint density at radius 1 is 1.58 bits per heavy atom. The number of rotatable bonds is 5. The summed E-state index contributed by atoms with van der Waals surface area (Å²) in [6.07, 6.45) is 1.42. The first-order valence-electron chi connectivity index (χ1n) is 6.30. The van der Waals surface area contributed by atoms with Gasteiger partial charge in [0.1, 0.15) is 5.54 Å². The molecule has 1 atom stereocenters. The van der Waals surface area contributed by atoms with Crippen molar-refractivity contribution < 1.29 is 14.7 Å². The first-order chi connectivity index (χ1) is 9.02. The summed E-state index contributed by atoms with van der Waals surface area (Å²) in [5.41, 5.74) is -0.903. The van der Waals surface area contributed by atoms with Crippen LogP contribution in [0.25, 0.3) is 0 Å². The molecule has 1 aliphatic heterocycles. The third-order valence-electron chi connectivity index (χ3n) is 3.62. The van der Waals surface area contributed by atoms with E-state index in [1.807, 2.05) is 17.5 Å². The van der Waals surface area contributed by atoms with Gasteiger partial charge in [0, 0.05) is 4.88 Å². The van der Waals surface area contributed by atoms with E-state index >= 15 is 0 Å². The monoisotopic (exact) mass is 282 g/mol. The molecule has 5 nitrogen and oxygen atoms in total. The fourth-order valence-corrected chi connectivity index (χ4v) is 2.99. The molecule has 0 saturated carbocycles. The molecule has 1 aromatic rings. The van der Waals surface area contributed by atoms with Gasteiger partial charge >= 0.3 is 5.97 Å². The second kappa shape index (κ2) is 5.71. The number of carbonyl (C=O) groups is 2. The second-order valence-electron chi connectivity index (χ2n) is 4.96. The highest BCUT2D eigenvalue weighted by atomic mass is 32.1. The predicted octanol–water partition coefficient (Wildman–Crippen LogP) is 1.30. The zero-order valence-electron chi connectivity index (χ0n) is 10.9. The van der Waals surface area contributed by atoms with Crippen LogP contribution in [0.1, 0.15) is 24.6 Å². The summed E-state index contributed by atoms with van der Waals surface area (Å²) < 4.78 is 0. The normalized spacial score (nSPS) is 23.4. The Morgan fingerprint density at radius 3 is 3.00 bits per heavy atom. The van der Waals surface area contributed by atoms with Crippen LogP contribution in [0.4, 0.5) is 0 Å². The Morgan fingerprint density at radius 2 is 2.37 bits per heavy atom. The molecule has 1 aliphatic rings. The first kappa shape index (κ1) is 14.0. The second-order valence-corrected chi connectivity index (χ2v) is 5.99. The molecule has 19 heavy (non-hydrogen) atoms. The molecule has 0 radical (unpaired) electrons. The maximum Gasteiger partial charge on any atom is 0.323 e. The number of carbonyl (C=O) groups excluding carboxylic acids is 1. The molecule has 0 aliphatic carbocycles. The van der Waals surface area contributed by atoms with Gasteiger partial charge < -0.3 is 10.4 Å². The molecular formula is C13H18N2O3S. The topological polar surface area (TPSA) is 69.6 Å². The summed E-state index contributed by atoms with van der Waals surface area (Å²) in [7, 11) is 0. The molecule has 1 saturated heterocycles. The smallest absolute Gasteiger partial charge is 0.323 e. The van der Waals surface area contributed by atoms with Gasteiger partial charge in [-0.1, -0.05) is 6.07 Å². The van der Waals surface area contributed by atoms with Gasteiger partial charge in [-0.25, -0.2) is 0 Å². The van der Waals surface area contributed by atoms with Crippen molar-refractivity contribution in [3.05, 3.63) is 22.4 Å². The van der Waals surface area contributed by atoms with Gasteiger partial charge in [0.25, 0.3) is 0 Å². The van der Waals surface area contributed by atoms with Crippen LogP contribution in [0.3, 0.4) is 0 Å². The fourth-order valence-electron chi connectivity index (χ4n) is 2.34. The number of nitrogens with one attached hydrogen (secondary N) is 1. The van der Waals surface area contributed by atoms with Crippen LogP contribution in [-0.2, 0) is 16.1 Å².